The number of nitrogens with one attached hydrogen (secondary N) is 1. The molecule has 0 bridgehead atoms. The van der Waals surface area contributed by atoms with Gasteiger partial charge in [-0.2, -0.15) is 0 Å². The van der Waals surface area contributed by atoms with E-state index in [-0.39, 0.29) is 18.2 Å². The largest absolute Gasteiger partial charge is 0.493 e. The van der Waals surface area contributed by atoms with Crippen LogP contribution in [0, 0.1) is 0 Å². The molecule has 0 fully saturated rings. The lowest BCUT2D eigenvalue weighted by atomic mass is 10.0. The molecule has 3 aromatic rings. The van der Waals surface area contributed by atoms with E-state index >= 15 is 0 Å². The van der Waals surface area contributed by atoms with Crippen LogP contribution in [0.3, 0.4) is 0 Å². The number of para-hydroxylation sites is 1. The van der Waals surface area contributed by atoms with Crippen molar-refractivity contribution in [2.45, 2.75) is 19.9 Å². The molecule has 0 spiro atoms. The van der Waals surface area contributed by atoms with Gasteiger partial charge in [-0.1, -0.05) is 19.1 Å². The van der Waals surface area contributed by atoms with Gasteiger partial charge in [-0.3, -0.25) is 9.69 Å². The third-order valence-electron chi connectivity index (χ3n) is 5.15. The van der Waals surface area contributed by atoms with Crippen molar-refractivity contribution >= 4 is 51.6 Å². The number of fused-ring (bicyclic) bond motifs is 2. The van der Waals surface area contributed by atoms with Crippen LogP contribution >= 0.6 is 23.7 Å². The van der Waals surface area contributed by atoms with Crippen LogP contribution in [-0.4, -0.2) is 44.1 Å². The molecular formula is C21H23ClN2O5S. The first-order valence-corrected chi connectivity index (χ1v) is 10.2. The Hall–Kier alpha value is -2.55. The maximum absolute atomic E-state index is 12.9. The third-order valence-corrected chi connectivity index (χ3v) is 6.28. The average molecular weight is 451 g/mol. The Morgan fingerprint density at radius 3 is 2.80 bits per heavy atom. The molecular weight excluding hydrogens is 428 g/mol. The molecule has 160 valence electrons. The van der Waals surface area contributed by atoms with Crippen LogP contribution in [0.4, 0.5) is 5.00 Å². The zero-order chi connectivity index (χ0) is 20.5. The monoisotopic (exact) mass is 450 g/mol. The number of carbonyl (C=O) groups is 2. The number of hydrogen-bond donors (Lipinski definition) is 1. The number of hydrogen-bond acceptors (Lipinski definition) is 7. The van der Waals surface area contributed by atoms with Crippen LogP contribution in [0.25, 0.3) is 11.0 Å². The summed E-state index contributed by atoms with van der Waals surface area (Å²) in [6.07, 6.45) is 0.752. The van der Waals surface area contributed by atoms with Crippen LogP contribution in [0.1, 0.15) is 38.3 Å². The van der Waals surface area contributed by atoms with Gasteiger partial charge >= 0.3 is 5.97 Å². The van der Waals surface area contributed by atoms with Crippen molar-refractivity contribution in [2.24, 2.45) is 0 Å². The molecule has 30 heavy (non-hydrogen) atoms. The van der Waals surface area contributed by atoms with Crippen LogP contribution in [0.5, 0.6) is 5.75 Å². The zero-order valence-corrected chi connectivity index (χ0v) is 18.6. The summed E-state index contributed by atoms with van der Waals surface area (Å²) in [6, 6.07) is 7.12. The molecule has 7 nitrogen and oxygen atoms in total. The molecule has 9 heteroatoms. The van der Waals surface area contributed by atoms with E-state index in [1.54, 1.807) is 19.2 Å². The first-order valence-electron chi connectivity index (χ1n) is 9.38. The predicted molar refractivity (Wildman–Crippen MR) is 118 cm³/mol. The van der Waals surface area contributed by atoms with Gasteiger partial charge in [0.1, 0.15) is 5.00 Å². The van der Waals surface area contributed by atoms with Gasteiger partial charge in [0.05, 0.1) is 19.8 Å². The van der Waals surface area contributed by atoms with Gasteiger partial charge in [-0.15, -0.1) is 23.7 Å². The lowest BCUT2D eigenvalue weighted by Crippen LogP contribution is -2.29. The Kier molecular flexibility index (Phi) is 6.70. The summed E-state index contributed by atoms with van der Waals surface area (Å²) in [6.45, 7) is 4.69. The highest BCUT2D eigenvalue weighted by atomic mass is 35.5. The SMILES string of the molecule is CCN1CCc2c(sc(NC(=O)c3cc4cccc(OC)c4o3)c2C(=O)OC)C1.Cl. The van der Waals surface area contributed by atoms with E-state index < -0.39 is 11.9 Å². The van der Waals surface area contributed by atoms with E-state index in [9.17, 15) is 9.59 Å². The molecule has 0 saturated heterocycles. The van der Waals surface area contributed by atoms with E-state index in [0.29, 0.717) is 21.9 Å². The Labute approximate surface area is 184 Å². The van der Waals surface area contributed by atoms with Crippen molar-refractivity contribution in [1.29, 1.82) is 0 Å². The Morgan fingerprint density at radius 2 is 2.10 bits per heavy atom. The first-order chi connectivity index (χ1) is 14.0. The maximum Gasteiger partial charge on any atom is 0.341 e. The lowest BCUT2D eigenvalue weighted by molar-refractivity contribution is 0.0600. The average Bonchev–Trinajstić information content (AvgIpc) is 3.33. The van der Waals surface area contributed by atoms with Crippen LogP contribution < -0.4 is 10.1 Å². The molecule has 4 rings (SSSR count). The molecule has 2 aromatic heterocycles. The fourth-order valence-corrected chi connectivity index (χ4v) is 4.88. The zero-order valence-electron chi connectivity index (χ0n) is 16.9. The quantitative estimate of drug-likeness (QED) is 0.582. The summed E-state index contributed by atoms with van der Waals surface area (Å²) in [4.78, 5) is 28.7. The minimum absolute atomic E-state index is 0. The number of methoxy groups -OCH3 is 2. The summed E-state index contributed by atoms with van der Waals surface area (Å²) in [5.41, 5.74) is 1.93. The van der Waals surface area contributed by atoms with Crippen LogP contribution in [0.2, 0.25) is 0 Å². The molecule has 1 aromatic carbocycles. The summed E-state index contributed by atoms with van der Waals surface area (Å²) < 4.78 is 16.0. The highest BCUT2D eigenvalue weighted by Crippen LogP contribution is 2.38. The number of thiophene rings is 1. The van der Waals surface area contributed by atoms with Gasteiger partial charge in [0.15, 0.2) is 17.1 Å². The molecule has 0 unspecified atom stereocenters. The Bertz CT molecular complexity index is 1090. The Morgan fingerprint density at radius 1 is 1.30 bits per heavy atom. The van der Waals surface area contributed by atoms with Gasteiger partial charge in [-0.25, -0.2) is 4.79 Å². The molecule has 1 aliphatic rings. The molecule has 0 saturated carbocycles. The van der Waals surface area contributed by atoms with Crippen molar-refractivity contribution in [3.05, 3.63) is 46.0 Å². The number of furan rings is 1. The fraction of sp³-hybridized carbons (Fsp3) is 0.333. The number of rotatable bonds is 5. The predicted octanol–water partition coefficient (Wildman–Crippen LogP) is 4.34. The van der Waals surface area contributed by atoms with Gasteiger partial charge in [0, 0.05) is 23.4 Å². The van der Waals surface area contributed by atoms with E-state index in [4.69, 9.17) is 13.9 Å². The number of amides is 1. The number of halogens is 1. The number of esters is 1. The molecule has 3 heterocycles. The molecule has 0 atom stereocenters. The van der Waals surface area contributed by atoms with Crippen molar-refractivity contribution in [2.75, 3.05) is 32.6 Å². The summed E-state index contributed by atoms with van der Waals surface area (Å²) >= 11 is 1.42. The summed E-state index contributed by atoms with van der Waals surface area (Å²) in [5, 5.41) is 4.12. The second-order valence-corrected chi connectivity index (χ2v) is 7.87. The van der Waals surface area contributed by atoms with Crippen LogP contribution in [-0.2, 0) is 17.7 Å². The van der Waals surface area contributed by atoms with Crippen molar-refractivity contribution < 1.29 is 23.5 Å². The van der Waals surface area contributed by atoms with Gasteiger partial charge in [0.25, 0.3) is 5.91 Å². The van der Waals surface area contributed by atoms with E-state index in [0.717, 1.165) is 41.9 Å². The van der Waals surface area contributed by atoms with Crippen molar-refractivity contribution in [3.63, 3.8) is 0 Å². The third kappa shape index (κ3) is 3.90. The number of nitrogens with zero attached hydrogens (tertiary/aromatic N) is 1. The topological polar surface area (TPSA) is 81.0 Å². The number of carbonyl (C=O) groups excluding carboxylic acids is 2. The number of benzene rings is 1. The molecule has 0 aliphatic carbocycles. The van der Waals surface area contributed by atoms with Crippen LogP contribution in [0.15, 0.2) is 28.7 Å². The number of anilines is 1. The summed E-state index contributed by atoms with van der Waals surface area (Å²) in [5.74, 6) is -0.140. The second-order valence-electron chi connectivity index (χ2n) is 6.76. The van der Waals surface area contributed by atoms with Crippen molar-refractivity contribution in [1.82, 2.24) is 4.90 Å². The minimum atomic E-state index is -0.436. The van der Waals surface area contributed by atoms with Gasteiger partial charge < -0.3 is 19.2 Å². The highest BCUT2D eigenvalue weighted by Gasteiger charge is 2.29. The van der Waals surface area contributed by atoms with Gasteiger partial charge in [-0.05, 0) is 30.7 Å². The molecule has 1 N–H and O–H groups in total. The molecule has 1 amide bonds. The van der Waals surface area contributed by atoms with E-state index in [1.807, 2.05) is 12.1 Å². The fourth-order valence-electron chi connectivity index (χ4n) is 3.61. The smallest absolute Gasteiger partial charge is 0.341 e. The van der Waals surface area contributed by atoms with Gasteiger partial charge in [0.2, 0.25) is 0 Å². The standard InChI is InChI=1S/C21H22N2O5S.ClH/c1-4-23-9-8-13-16(11-23)29-20(17(13)21(25)27-3)22-19(24)15-10-12-6-5-7-14(26-2)18(12)28-15;/h5-7,10H,4,8-9,11H2,1-3H3,(H,22,24);1H. The normalized spacial score (nSPS) is 13.4. The molecule has 1 aliphatic heterocycles. The Balaban J connectivity index is 0.00000256. The molecule has 0 radical (unpaired) electrons. The number of ether oxygens (including phenoxy) is 2. The maximum atomic E-state index is 12.9. The lowest BCUT2D eigenvalue weighted by Gasteiger charge is -2.25. The van der Waals surface area contributed by atoms with E-state index in [1.165, 1.54) is 18.4 Å². The second kappa shape index (κ2) is 9.07. The summed E-state index contributed by atoms with van der Waals surface area (Å²) in [7, 11) is 2.90. The van der Waals surface area contributed by atoms with E-state index in [2.05, 4.69) is 17.1 Å². The number of likely N-dealkylation sites (N-methyl/N-ethyl adjacent to an activating group) is 1. The first kappa shape index (κ1) is 22.1. The van der Waals surface area contributed by atoms with Crippen molar-refractivity contribution in [3.8, 4) is 5.75 Å². The highest BCUT2D eigenvalue weighted by molar-refractivity contribution is 7.17. The minimum Gasteiger partial charge on any atom is -0.493 e.